The topological polar surface area (TPSA) is 120 Å². The maximum Gasteiger partial charge on any atom is 0.361 e. The molecule has 2 aromatic heterocycles. The maximum absolute atomic E-state index is 11.7. The van der Waals surface area contributed by atoms with Gasteiger partial charge in [0, 0.05) is 18.6 Å². The molecular formula is C12H10ClN5O3. The average molecular weight is 308 g/mol. The van der Waals surface area contributed by atoms with Crippen LogP contribution in [0.25, 0.3) is 0 Å². The minimum atomic E-state index is -0.840. The van der Waals surface area contributed by atoms with Crippen molar-refractivity contribution >= 4 is 35.0 Å². The molecule has 0 bridgehead atoms. The van der Waals surface area contributed by atoms with Gasteiger partial charge in [0.25, 0.3) is 5.91 Å². The first-order valence-electron chi connectivity index (χ1n) is 5.72. The van der Waals surface area contributed by atoms with Gasteiger partial charge in [-0.3, -0.25) is 4.79 Å². The third-order valence-electron chi connectivity index (χ3n) is 2.29. The number of carbonyl (C=O) groups is 2. The van der Waals surface area contributed by atoms with Gasteiger partial charge in [-0.1, -0.05) is 11.6 Å². The van der Waals surface area contributed by atoms with Gasteiger partial charge in [-0.15, -0.1) is 0 Å². The highest BCUT2D eigenvalue weighted by Gasteiger charge is 2.15. The molecule has 0 saturated heterocycles. The lowest BCUT2D eigenvalue weighted by atomic mass is 10.4. The van der Waals surface area contributed by atoms with Crippen LogP contribution in [0.5, 0.6) is 0 Å². The van der Waals surface area contributed by atoms with Crippen LogP contribution in [0, 0.1) is 0 Å². The molecule has 0 radical (unpaired) electrons. The number of rotatable bonds is 4. The van der Waals surface area contributed by atoms with Gasteiger partial charge in [0.1, 0.15) is 0 Å². The summed E-state index contributed by atoms with van der Waals surface area (Å²) in [4.78, 5) is 34.5. The lowest BCUT2D eigenvalue weighted by Gasteiger charge is -2.07. The Morgan fingerprint density at radius 2 is 2.00 bits per heavy atom. The van der Waals surface area contributed by atoms with E-state index >= 15 is 0 Å². The number of esters is 1. The lowest BCUT2D eigenvalue weighted by Crippen LogP contribution is -2.22. The summed E-state index contributed by atoms with van der Waals surface area (Å²) in [5.41, 5.74) is 5.64. The first-order chi connectivity index (χ1) is 10.1. The quantitative estimate of drug-likeness (QED) is 0.636. The summed E-state index contributed by atoms with van der Waals surface area (Å²) >= 11 is 5.78. The van der Waals surface area contributed by atoms with Crippen LogP contribution in [0.2, 0.25) is 5.15 Å². The SMILES string of the molecule is Nc1nccnc1C(=O)OCC(=O)Nc1cccnc1Cl. The number of halogens is 1. The Morgan fingerprint density at radius 1 is 1.24 bits per heavy atom. The fourth-order valence-electron chi connectivity index (χ4n) is 1.37. The molecule has 2 heterocycles. The molecule has 0 aromatic carbocycles. The van der Waals surface area contributed by atoms with Crippen molar-refractivity contribution < 1.29 is 14.3 Å². The minimum absolute atomic E-state index is 0.0711. The predicted molar refractivity (Wildman–Crippen MR) is 74.6 cm³/mol. The fraction of sp³-hybridized carbons (Fsp3) is 0.0833. The Bertz CT molecular complexity index is 679. The molecule has 2 aromatic rings. The number of amides is 1. The van der Waals surface area contributed by atoms with Gasteiger partial charge in [-0.25, -0.2) is 19.7 Å². The number of nitrogen functional groups attached to an aromatic ring is 1. The van der Waals surface area contributed by atoms with Crippen molar-refractivity contribution in [3.63, 3.8) is 0 Å². The second kappa shape index (κ2) is 6.62. The van der Waals surface area contributed by atoms with Gasteiger partial charge in [0.2, 0.25) is 0 Å². The zero-order valence-corrected chi connectivity index (χ0v) is 11.4. The molecule has 0 saturated carbocycles. The van der Waals surface area contributed by atoms with E-state index in [0.29, 0.717) is 5.69 Å². The lowest BCUT2D eigenvalue weighted by molar-refractivity contribution is -0.119. The molecule has 8 nitrogen and oxygen atoms in total. The molecule has 2 rings (SSSR count). The number of carbonyl (C=O) groups excluding carboxylic acids is 2. The Morgan fingerprint density at radius 3 is 2.71 bits per heavy atom. The van der Waals surface area contributed by atoms with Crippen LogP contribution >= 0.6 is 11.6 Å². The van der Waals surface area contributed by atoms with Gasteiger partial charge in [-0.2, -0.15) is 0 Å². The van der Waals surface area contributed by atoms with E-state index in [0.717, 1.165) is 0 Å². The monoisotopic (exact) mass is 307 g/mol. The van der Waals surface area contributed by atoms with Gasteiger partial charge >= 0.3 is 5.97 Å². The van der Waals surface area contributed by atoms with Crippen LogP contribution in [0.3, 0.4) is 0 Å². The number of pyridine rings is 1. The number of hydrogen-bond donors (Lipinski definition) is 2. The van der Waals surface area contributed by atoms with Crippen LogP contribution in [0.4, 0.5) is 11.5 Å². The van der Waals surface area contributed by atoms with E-state index in [1.807, 2.05) is 0 Å². The number of nitrogens with zero attached hydrogens (tertiary/aromatic N) is 3. The maximum atomic E-state index is 11.7. The largest absolute Gasteiger partial charge is 0.451 e. The summed E-state index contributed by atoms with van der Waals surface area (Å²) in [7, 11) is 0. The molecular weight excluding hydrogens is 298 g/mol. The summed E-state index contributed by atoms with van der Waals surface area (Å²) in [5, 5.41) is 2.59. The smallest absolute Gasteiger partial charge is 0.361 e. The van der Waals surface area contributed by atoms with Crippen LogP contribution in [-0.2, 0) is 9.53 Å². The minimum Gasteiger partial charge on any atom is -0.451 e. The van der Waals surface area contributed by atoms with E-state index in [2.05, 4.69) is 20.3 Å². The summed E-state index contributed by atoms with van der Waals surface area (Å²) < 4.78 is 4.79. The molecule has 9 heteroatoms. The summed E-state index contributed by atoms with van der Waals surface area (Å²) in [6, 6.07) is 3.17. The van der Waals surface area contributed by atoms with Crippen LogP contribution in [-0.4, -0.2) is 33.4 Å². The zero-order chi connectivity index (χ0) is 15.2. The van der Waals surface area contributed by atoms with Gasteiger partial charge in [-0.05, 0) is 12.1 Å². The predicted octanol–water partition coefficient (Wildman–Crippen LogP) is 0.903. The number of nitrogens with one attached hydrogen (secondary N) is 1. The number of aromatic nitrogens is 3. The Labute approximate surface area is 124 Å². The molecule has 21 heavy (non-hydrogen) atoms. The van der Waals surface area contributed by atoms with Gasteiger partial charge in [0.05, 0.1) is 5.69 Å². The molecule has 0 aliphatic carbocycles. The molecule has 0 aliphatic heterocycles. The first-order valence-corrected chi connectivity index (χ1v) is 6.09. The van der Waals surface area contributed by atoms with Crippen molar-refractivity contribution in [1.29, 1.82) is 0 Å². The molecule has 108 valence electrons. The number of nitrogens with two attached hydrogens (primary N) is 1. The second-order valence-corrected chi connectivity index (χ2v) is 4.11. The third-order valence-corrected chi connectivity index (χ3v) is 2.59. The third kappa shape index (κ3) is 3.86. The molecule has 3 N–H and O–H groups in total. The molecule has 0 aliphatic rings. The summed E-state index contributed by atoms with van der Waals surface area (Å²) in [6.07, 6.45) is 4.11. The highest BCUT2D eigenvalue weighted by molar-refractivity contribution is 6.32. The number of anilines is 2. The van der Waals surface area contributed by atoms with Crippen molar-refractivity contribution in [3.8, 4) is 0 Å². The van der Waals surface area contributed by atoms with Crippen LogP contribution in [0.15, 0.2) is 30.7 Å². The summed E-state index contributed by atoms with van der Waals surface area (Å²) in [6.45, 7) is -0.514. The number of ether oxygens (including phenoxy) is 1. The van der Waals surface area contributed by atoms with E-state index in [-0.39, 0.29) is 16.7 Å². The van der Waals surface area contributed by atoms with E-state index in [9.17, 15) is 9.59 Å². The van der Waals surface area contributed by atoms with Crippen LogP contribution < -0.4 is 11.1 Å². The highest BCUT2D eigenvalue weighted by Crippen LogP contribution is 2.17. The number of hydrogen-bond acceptors (Lipinski definition) is 7. The van der Waals surface area contributed by atoms with E-state index < -0.39 is 18.5 Å². The van der Waals surface area contributed by atoms with Crippen molar-refractivity contribution in [2.75, 3.05) is 17.7 Å². The average Bonchev–Trinajstić information content (AvgIpc) is 2.48. The Balaban J connectivity index is 1.91. The van der Waals surface area contributed by atoms with Crippen molar-refractivity contribution in [2.24, 2.45) is 0 Å². The second-order valence-electron chi connectivity index (χ2n) is 3.76. The van der Waals surface area contributed by atoms with E-state index in [4.69, 9.17) is 22.1 Å². The molecule has 0 atom stereocenters. The molecule has 0 fully saturated rings. The van der Waals surface area contributed by atoms with E-state index in [1.54, 1.807) is 12.1 Å². The van der Waals surface area contributed by atoms with Crippen molar-refractivity contribution in [2.45, 2.75) is 0 Å². The zero-order valence-electron chi connectivity index (χ0n) is 10.6. The van der Waals surface area contributed by atoms with Gasteiger partial charge < -0.3 is 15.8 Å². The molecule has 0 unspecified atom stereocenters. The summed E-state index contributed by atoms with van der Waals surface area (Å²) in [5.74, 6) is -1.48. The standard InChI is InChI=1S/C12H10ClN5O3/c13-10-7(2-1-3-16-10)18-8(19)6-21-12(20)9-11(14)17-5-4-15-9/h1-5H,6H2,(H2,14,17)(H,18,19). The fourth-order valence-corrected chi connectivity index (χ4v) is 1.54. The Kier molecular flexibility index (Phi) is 4.62. The highest BCUT2D eigenvalue weighted by atomic mass is 35.5. The van der Waals surface area contributed by atoms with Gasteiger partial charge in [0.15, 0.2) is 23.3 Å². The van der Waals surface area contributed by atoms with Crippen LogP contribution in [0.1, 0.15) is 10.5 Å². The first kappa shape index (κ1) is 14.7. The van der Waals surface area contributed by atoms with E-state index in [1.165, 1.54) is 18.6 Å². The molecule has 1 amide bonds. The van der Waals surface area contributed by atoms with Crippen molar-refractivity contribution in [3.05, 3.63) is 41.6 Å². The van der Waals surface area contributed by atoms with Crippen molar-refractivity contribution in [1.82, 2.24) is 15.0 Å². The Hall–Kier alpha value is -2.74. The normalized spacial score (nSPS) is 9.95. The molecule has 0 spiro atoms.